The van der Waals surface area contributed by atoms with Crippen LogP contribution in [0.3, 0.4) is 0 Å². The van der Waals surface area contributed by atoms with E-state index in [2.05, 4.69) is 6.58 Å². The van der Waals surface area contributed by atoms with Crippen molar-refractivity contribution in [3.05, 3.63) is 120 Å². The van der Waals surface area contributed by atoms with Crippen molar-refractivity contribution >= 4 is 5.91 Å². The number of nitrogens with two attached hydrogens (primary N) is 1. The molecule has 0 radical (unpaired) electrons. The zero-order chi connectivity index (χ0) is 17.7. The number of hydrogen-bond donors (Lipinski definition) is 1. The fourth-order valence-electron chi connectivity index (χ4n) is 2.93. The fraction of sp³-hybridized carbons (Fsp3) is 0.0455. The van der Waals surface area contributed by atoms with Crippen LogP contribution in [0.5, 0.6) is 0 Å². The normalized spacial score (nSPS) is 10.9. The van der Waals surface area contributed by atoms with E-state index < -0.39 is 11.5 Å². The van der Waals surface area contributed by atoms with Gasteiger partial charge in [0.1, 0.15) is 0 Å². The maximum absolute atomic E-state index is 11.7. The molecular weight excluding hydrogens is 310 g/mol. The lowest BCUT2D eigenvalue weighted by Crippen LogP contribution is -2.35. The molecule has 3 heteroatoms. The molecular formula is C22H19NO2. The van der Waals surface area contributed by atoms with E-state index in [9.17, 15) is 4.79 Å². The van der Waals surface area contributed by atoms with E-state index in [0.29, 0.717) is 0 Å². The number of ether oxygens (including phenoxy) is 1. The van der Waals surface area contributed by atoms with Crippen LogP contribution >= 0.6 is 0 Å². The Morgan fingerprint density at radius 3 is 1.32 bits per heavy atom. The molecule has 124 valence electrons. The quantitative estimate of drug-likeness (QED) is 0.422. The number of rotatable bonds is 6. The second-order valence-corrected chi connectivity index (χ2v) is 5.67. The number of hydrogen-bond acceptors (Lipinski definition) is 2. The van der Waals surface area contributed by atoms with Gasteiger partial charge in [-0.25, -0.2) is 0 Å². The van der Waals surface area contributed by atoms with Gasteiger partial charge in [-0.3, -0.25) is 4.79 Å². The smallest absolute Gasteiger partial charge is 0.283 e. The van der Waals surface area contributed by atoms with Crippen molar-refractivity contribution in [3.8, 4) is 0 Å². The molecule has 2 N–H and O–H groups in total. The number of amides is 1. The van der Waals surface area contributed by atoms with Gasteiger partial charge in [0.15, 0.2) is 11.4 Å². The number of carbonyl (C=O) groups excluding carboxylic acids is 1. The van der Waals surface area contributed by atoms with Gasteiger partial charge >= 0.3 is 0 Å². The summed E-state index contributed by atoms with van der Waals surface area (Å²) in [6, 6.07) is 29.2. The molecule has 0 heterocycles. The van der Waals surface area contributed by atoms with E-state index in [-0.39, 0.29) is 5.76 Å². The Morgan fingerprint density at radius 1 is 0.720 bits per heavy atom. The minimum atomic E-state index is -1.02. The third-order valence-corrected chi connectivity index (χ3v) is 4.09. The lowest BCUT2D eigenvalue weighted by molar-refractivity contribution is -0.119. The average molecular weight is 329 g/mol. The van der Waals surface area contributed by atoms with Gasteiger partial charge in [0.05, 0.1) is 0 Å². The fourth-order valence-corrected chi connectivity index (χ4v) is 2.93. The van der Waals surface area contributed by atoms with Crippen LogP contribution in [0.25, 0.3) is 0 Å². The van der Waals surface area contributed by atoms with Crippen LogP contribution < -0.4 is 5.73 Å². The maximum atomic E-state index is 11.7. The number of primary amides is 1. The molecule has 0 saturated carbocycles. The minimum Gasteiger partial charge on any atom is -0.468 e. The molecule has 0 aromatic heterocycles. The number of carbonyl (C=O) groups is 1. The topological polar surface area (TPSA) is 52.3 Å². The SMILES string of the molecule is C=C(OC(c1ccccc1)(c1ccccc1)c1ccccc1)C(N)=O. The first kappa shape index (κ1) is 16.5. The Morgan fingerprint density at radius 2 is 1.04 bits per heavy atom. The summed E-state index contributed by atoms with van der Waals surface area (Å²) in [4.78, 5) is 11.7. The standard InChI is InChI=1S/C22H19NO2/c1-17(21(23)24)25-22(18-11-5-2-6-12-18,19-13-7-3-8-14-19)20-15-9-4-10-16-20/h2-16H,1H2,(H2,23,24). The van der Waals surface area contributed by atoms with Crippen molar-refractivity contribution in [1.29, 1.82) is 0 Å². The Hall–Kier alpha value is -3.33. The van der Waals surface area contributed by atoms with Gasteiger partial charge in [-0.15, -0.1) is 0 Å². The predicted octanol–water partition coefficient (Wildman–Crippen LogP) is 3.99. The molecule has 3 rings (SSSR count). The van der Waals surface area contributed by atoms with Crippen LogP contribution in [0, 0.1) is 0 Å². The van der Waals surface area contributed by atoms with E-state index in [0.717, 1.165) is 16.7 Å². The lowest BCUT2D eigenvalue weighted by atomic mass is 9.80. The van der Waals surface area contributed by atoms with E-state index in [1.54, 1.807) is 0 Å². The van der Waals surface area contributed by atoms with Crippen LogP contribution in [0.4, 0.5) is 0 Å². The monoisotopic (exact) mass is 329 g/mol. The molecule has 0 atom stereocenters. The van der Waals surface area contributed by atoms with E-state index in [1.807, 2.05) is 91.0 Å². The second-order valence-electron chi connectivity index (χ2n) is 5.67. The zero-order valence-corrected chi connectivity index (χ0v) is 13.8. The molecule has 0 aliphatic heterocycles. The predicted molar refractivity (Wildman–Crippen MR) is 98.6 cm³/mol. The summed E-state index contributed by atoms with van der Waals surface area (Å²) in [6.45, 7) is 3.72. The molecule has 3 aromatic carbocycles. The van der Waals surface area contributed by atoms with Crippen molar-refractivity contribution < 1.29 is 9.53 Å². The van der Waals surface area contributed by atoms with Crippen molar-refractivity contribution in [3.63, 3.8) is 0 Å². The zero-order valence-electron chi connectivity index (χ0n) is 13.8. The van der Waals surface area contributed by atoms with E-state index in [4.69, 9.17) is 10.5 Å². The molecule has 0 aliphatic carbocycles. The Balaban J connectivity index is 2.31. The Bertz CT molecular complexity index is 762. The van der Waals surface area contributed by atoms with Crippen molar-refractivity contribution in [1.82, 2.24) is 0 Å². The molecule has 1 amide bonds. The summed E-state index contributed by atoms with van der Waals surface area (Å²) >= 11 is 0. The molecule has 3 nitrogen and oxygen atoms in total. The summed E-state index contributed by atoms with van der Waals surface area (Å²) in [7, 11) is 0. The van der Waals surface area contributed by atoms with Gasteiger partial charge < -0.3 is 10.5 Å². The third-order valence-electron chi connectivity index (χ3n) is 4.09. The van der Waals surface area contributed by atoms with Crippen LogP contribution in [0.15, 0.2) is 103 Å². The highest BCUT2D eigenvalue weighted by atomic mass is 16.5. The minimum absolute atomic E-state index is 0.0865. The number of benzene rings is 3. The summed E-state index contributed by atoms with van der Waals surface area (Å²) < 4.78 is 6.19. The molecule has 0 spiro atoms. The first-order valence-electron chi connectivity index (χ1n) is 7.99. The van der Waals surface area contributed by atoms with Gasteiger partial charge in [0.2, 0.25) is 0 Å². The molecule has 0 bridgehead atoms. The first-order chi connectivity index (χ1) is 12.1. The molecule has 0 aliphatic rings. The van der Waals surface area contributed by atoms with Crippen LogP contribution in [0.2, 0.25) is 0 Å². The highest BCUT2D eigenvalue weighted by Crippen LogP contribution is 2.41. The third kappa shape index (κ3) is 3.17. The molecule has 3 aromatic rings. The molecule has 0 saturated heterocycles. The van der Waals surface area contributed by atoms with Gasteiger partial charge in [-0.1, -0.05) is 97.6 Å². The summed E-state index contributed by atoms with van der Waals surface area (Å²) in [6.07, 6.45) is 0. The van der Waals surface area contributed by atoms with Crippen LogP contribution in [0.1, 0.15) is 16.7 Å². The average Bonchev–Trinajstić information content (AvgIpc) is 2.68. The molecule has 0 fully saturated rings. The van der Waals surface area contributed by atoms with Gasteiger partial charge in [0, 0.05) is 16.7 Å². The van der Waals surface area contributed by atoms with E-state index >= 15 is 0 Å². The first-order valence-corrected chi connectivity index (χ1v) is 7.99. The van der Waals surface area contributed by atoms with Crippen LogP contribution in [-0.4, -0.2) is 5.91 Å². The highest BCUT2D eigenvalue weighted by molar-refractivity contribution is 5.89. The van der Waals surface area contributed by atoms with Crippen molar-refractivity contribution in [2.75, 3.05) is 0 Å². The largest absolute Gasteiger partial charge is 0.468 e. The van der Waals surface area contributed by atoms with Gasteiger partial charge in [0.25, 0.3) is 5.91 Å². The van der Waals surface area contributed by atoms with Gasteiger partial charge in [-0.2, -0.15) is 0 Å². The Labute approximate surface area is 147 Å². The van der Waals surface area contributed by atoms with Crippen LogP contribution in [-0.2, 0) is 15.1 Å². The summed E-state index contributed by atoms with van der Waals surface area (Å²) in [5.74, 6) is -0.774. The molecule has 25 heavy (non-hydrogen) atoms. The Kier molecular flexibility index (Phi) is 4.66. The second kappa shape index (κ2) is 7.05. The summed E-state index contributed by atoms with van der Waals surface area (Å²) in [5.41, 5.74) is 7.05. The molecule has 0 unspecified atom stereocenters. The van der Waals surface area contributed by atoms with Crippen molar-refractivity contribution in [2.45, 2.75) is 5.60 Å². The lowest BCUT2D eigenvalue weighted by Gasteiger charge is -2.36. The van der Waals surface area contributed by atoms with Crippen molar-refractivity contribution in [2.24, 2.45) is 5.73 Å². The van der Waals surface area contributed by atoms with Gasteiger partial charge in [-0.05, 0) is 0 Å². The summed E-state index contributed by atoms with van der Waals surface area (Å²) in [5, 5.41) is 0. The maximum Gasteiger partial charge on any atom is 0.283 e. The van der Waals surface area contributed by atoms with E-state index in [1.165, 1.54) is 0 Å². The highest BCUT2D eigenvalue weighted by Gasteiger charge is 2.39.